The lowest BCUT2D eigenvalue weighted by Gasteiger charge is -2.34. The minimum atomic E-state index is 0.0575. The molecular formula is C20H25N3O2S. The number of hydrogen-bond acceptors (Lipinski definition) is 4. The number of hydrogen-bond donors (Lipinski definition) is 1. The molecule has 138 valence electrons. The van der Waals surface area contributed by atoms with Gasteiger partial charge in [0.25, 0.3) is 5.91 Å². The third kappa shape index (κ3) is 5.16. The van der Waals surface area contributed by atoms with E-state index < -0.39 is 0 Å². The summed E-state index contributed by atoms with van der Waals surface area (Å²) in [6.07, 6.45) is 0.421. The third-order valence-electron chi connectivity index (χ3n) is 4.59. The summed E-state index contributed by atoms with van der Waals surface area (Å²) in [6.45, 7) is 6.69. The molecule has 26 heavy (non-hydrogen) atoms. The van der Waals surface area contributed by atoms with E-state index in [4.69, 9.17) is 0 Å². The van der Waals surface area contributed by atoms with Crippen LogP contribution >= 0.6 is 11.3 Å². The maximum absolute atomic E-state index is 12.3. The fourth-order valence-electron chi connectivity index (χ4n) is 3.15. The fourth-order valence-corrected chi connectivity index (χ4v) is 3.84. The Hall–Kier alpha value is -2.18. The van der Waals surface area contributed by atoms with E-state index in [0.29, 0.717) is 13.0 Å². The van der Waals surface area contributed by atoms with E-state index in [1.165, 1.54) is 16.9 Å². The van der Waals surface area contributed by atoms with Crippen LogP contribution in [0.25, 0.3) is 0 Å². The predicted octanol–water partition coefficient (Wildman–Crippen LogP) is 2.17. The van der Waals surface area contributed by atoms with Crippen molar-refractivity contribution in [3.63, 3.8) is 0 Å². The first-order valence-corrected chi connectivity index (χ1v) is 9.87. The maximum atomic E-state index is 12.3. The van der Waals surface area contributed by atoms with E-state index in [2.05, 4.69) is 10.2 Å². The van der Waals surface area contributed by atoms with Gasteiger partial charge in [0.2, 0.25) is 5.91 Å². The molecular weight excluding hydrogens is 346 g/mol. The highest BCUT2D eigenvalue weighted by Crippen LogP contribution is 2.13. The first kappa shape index (κ1) is 18.6. The number of aryl methyl sites for hydroxylation is 1. The lowest BCUT2D eigenvalue weighted by Crippen LogP contribution is -2.50. The van der Waals surface area contributed by atoms with E-state index in [9.17, 15) is 9.59 Å². The van der Waals surface area contributed by atoms with Crippen LogP contribution in [0, 0.1) is 6.92 Å². The van der Waals surface area contributed by atoms with Gasteiger partial charge in [0.05, 0.1) is 11.3 Å². The van der Waals surface area contributed by atoms with Gasteiger partial charge in [-0.15, -0.1) is 11.3 Å². The Kier molecular flexibility index (Phi) is 6.41. The quantitative estimate of drug-likeness (QED) is 0.847. The molecule has 3 rings (SSSR count). The highest BCUT2D eigenvalue weighted by molar-refractivity contribution is 7.12. The molecule has 1 N–H and O–H groups in total. The van der Waals surface area contributed by atoms with Crippen LogP contribution in [0.2, 0.25) is 0 Å². The number of benzene rings is 1. The molecule has 1 aromatic heterocycles. The number of nitrogens with one attached hydrogen (secondary N) is 1. The van der Waals surface area contributed by atoms with Crippen molar-refractivity contribution in [2.45, 2.75) is 13.3 Å². The summed E-state index contributed by atoms with van der Waals surface area (Å²) < 4.78 is 0. The second kappa shape index (κ2) is 8.96. The van der Waals surface area contributed by atoms with E-state index in [1.807, 2.05) is 53.6 Å². The summed E-state index contributed by atoms with van der Waals surface area (Å²) in [7, 11) is 0. The van der Waals surface area contributed by atoms with Crippen LogP contribution < -0.4 is 5.32 Å². The van der Waals surface area contributed by atoms with Crippen LogP contribution in [0.4, 0.5) is 0 Å². The van der Waals surface area contributed by atoms with Crippen molar-refractivity contribution < 1.29 is 9.59 Å². The molecule has 2 heterocycles. The maximum Gasteiger partial charge on any atom is 0.264 e. The number of rotatable bonds is 6. The van der Waals surface area contributed by atoms with Crippen LogP contribution in [0.15, 0.2) is 41.8 Å². The zero-order valence-corrected chi connectivity index (χ0v) is 15.9. The third-order valence-corrected chi connectivity index (χ3v) is 5.45. The summed E-state index contributed by atoms with van der Waals surface area (Å²) in [5.74, 6) is 0.188. The molecule has 0 radical (unpaired) electrons. The molecule has 1 aliphatic heterocycles. The molecule has 0 saturated carbocycles. The standard InChI is InChI=1S/C20H25N3O2S/c1-16-4-2-5-17(14-16)15-19(24)21-7-8-22-9-11-23(12-10-22)20(25)18-6-3-13-26-18/h2-6,13-14H,7-12,15H2,1H3,(H,21,24). The summed E-state index contributed by atoms with van der Waals surface area (Å²) in [6, 6.07) is 11.8. The highest BCUT2D eigenvalue weighted by atomic mass is 32.1. The molecule has 0 bridgehead atoms. The van der Waals surface area contributed by atoms with Crippen molar-refractivity contribution >= 4 is 23.2 Å². The van der Waals surface area contributed by atoms with Crippen LogP contribution in [0.1, 0.15) is 20.8 Å². The van der Waals surface area contributed by atoms with Gasteiger partial charge in [-0.2, -0.15) is 0 Å². The molecule has 1 saturated heterocycles. The van der Waals surface area contributed by atoms with Gasteiger partial charge in [0, 0.05) is 39.3 Å². The number of carbonyl (C=O) groups is 2. The monoisotopic (exact) mass is 371 g/mol. The number of piperazine rings is 1. The lowest BCUT2D eigenvalue weighted by atomic mass is 10.1. The average molecular weight is 372 g/mol. The summed E-state index contributed by atoms with van der Waals surface area (Å²) >= 11 is 1.49. The van der Waals surface area contributed by atoms with Crippen LogP contribution in [-0.2, 0) is 11.2 Å². The number of nitrogens with zero attached hydrogens (tertiary/aromatic N) is 2. The number of thiophene rings is 1. The Balaban J connectivity index is 1.35. The smallest absolute Gasteiger partial charge is 0.264 e. The topological polar surface area (TPSA) is 52.7 Å². The summed E-state index contributed by atoms with van der Waals surface area (Å²) in [4.78, 5) is 29.4. The summed E-state index contributed by atoms with van der Waals surface area (Å²) in [5.41, 5.74) is 2.22. The zero-order valence-electron chi connectivity index (χ0n) is 15.1. The lowest BCUT2D eigenvalue weighted by molar-refractivity contribution is -0.120. The Bertz CT molecular complexity index is 737. The highest BCUT2D eigenvalue weighted by Gasteiger charge is 2.22. The van der Waals surface area contributed by atoms with Crippen molar-refractivity contribution in [2.24, 2.45) is 0 Å². The second-order valence-electron chi connectivity index (χ2n) is 6.63. The van der Waals surface area contributed by atoms with Crippen molar-refractivity contribution in [1.29, 1.82) is 0 Å². The number of carbonyl (C=O) groups excluding carboxylic acids is 2. The molecule has 0 spiro atoms. The van der Waals surface area contributed by atoms with E-state index in [1.54, 1.807) is 0 Å². The van der Waals surface area contributed by atoms with Crippen molar-refractivity contribution in [3.8, 4) is 0 Å². The molecule has 1 aromatic carbocycles. The molecule has 2 amide bonds. The van der Waals surface area contributed by atoms with Gasteiger partial charge in [-0.1, -0.05) is 35.9 Å². The van der Waals surface area contributed by atoms with Crippen molar-refractivity contribution in [1.82, 2.24) is 15.1 Å². The van der Waals surface area contributed by atoms with Crippen LogP contribution in [0.5, 0.6) is 0 Å². The number of amides is 2. The molecule has 1 fully saturated rings. The predicted molar refractivity (Wildman–Crippen MR) is 105 cm³/mol. The first-order valence-electron chi connectivity index (χ1n) is 8.99. The molecule has 0 aliphatic carbocycles. The van der Waals surface area contributed by atoms with Gasteiger partial charge >= 0.3 is 0 Å². The minimum absolute atomic E-state index is 0.0575. The van der Waals surface area contributed by atoms with Crippen LogP contribution in [0.3, 0.4) is 0 Å². The molecule has 1 aliphatic rings. The van der Waals surface area contributed by atoms with E-state index >= 15 is 0 Å². The molecule has 6 heteroatoms. The molecule has 0 unspecified atom stereocenters. The van der Waals surface area contributed by atoms with Crippen molar-refractivity contribution in [3.05, 3.63) is 57.8 Å². The Morgan fingerprint density at radius 1 is 1.12 bits per heavy atom. The molecule has 2 aromatic rings. The van der Waals surface area contributed by atoms with Gasteiger partial charge in [-0.3, -0.25) is 14.5 Å². The average Bonchev–Trinajstić information content (AvgIpc) is 3.16. The van der Waals surface area contributed by atoms with Crippen molar-refractivity contribution in [2.75, 3.05) is 39.3 Å². The largest absolute Gasteiger partial charge is 0.355 e. The normalized spacial score (nSPS) is 15.0. The zero-order chi connectivity index (χ0) is 18.4. The first-order chi connectivity index (χ1) is 12.6. The molecule has 0 atom stereocenters. The van der Waals surface area contributed by atoms with Gasteiger partial charge in [0.15, 0.2) is 0 Å². The van der Waals surface area contributed by atoms with Gasteiger partial charge in [0.1, 0.15) is 0 Å². The van der Waals surface area contributed by atoms with Gasteiger partial charge < -0.3 is 10.2 Å². The van der Waals surface area contributed by atoms with E-state index in [0.717, 1.165) is 43.2 Å². The summed E-state index contributed by atoms with van der Waals surface area (Å²) in [5, 5.41) is 4.93. The second-order valence-corrected chi connectivity index (χ2v) is 7.57. The van der Waals surface area contributed by atoms with Gasteiger partial charge in [-0.25, -0.2) is 0 Å². The Morgan fingerprint density at radius 3 is 2.62 bits per heavy atom. The minimum Gasteiger partial charge on any atom is -0.355 e. The van der Waals surface area contributed by atoms with E-state index in [-0.39, 0.29) is 11.8 Å². The SMILES string of the molecule is Cc1cccc(CC(=O)NCCN2CCN(C(=O)c3cccs3)CC2)c1. The Labute approximate surface area is 158 Å². The fraction of sp³-hybridized carbons (Fsp3) is 0.400. The Morgan fingerprint density at radius 2 is 1.92 bits per heavy atom. The molecule has 5 nitrogen and oxygen atoms in total. The van der Waals surface area contributed by atoms with Gasteiger partial charge in [-0.05, 0) is 23.9 Å². The van der Waals surface area contributed by atoms with Crippen LogP contribution in [-0.4, -0.2) is 60.9 Å².